The summed E-state index contributed by atoms with van der Waals surface area (Å²) in [6.07, 6.45) is 2.99. The molecule has 0 bridgehead atoms. The van der Waals surface area contributed by atoms with E-state index in [1.165, 1.54) is 5.56 Å². The fourth-order valence-electron chi connectivity index (χ4n) is 2.56. The molecule has 18 heavy (non-hydrogen) atoms. The largest absolute Gasteiger partial charge is 0.379 e. The molecule has 0 spiro atoms. The zero-order chi connectivity index (χ0) is 12.6. The van der Waals surface area contributed by atoms with Crippen molar-refractivity contribution in [1.82, 2.24) is 9.55 Å². The van der Waals surface area contributed by atoms with Gasteiger partial charge in [0.1, 0.15) is 0 Å². The molecule has 1 aliphatic heterocycles. The van der Waals surface area contributed by atoms with Crippen LogP contribution in [-0.4, -0.2) is 22.8 Å². The SMILES string of the molecule is CC1(n2c(-c3ccccc3)c[nH]c2=S)CCOC1. The van der Waals surface area contributed by atoms with E-state index in [2.05, 4.69) is 28.6 Å². The maximum Gasteiger partial charge on any atom is 0.178 e. The first-order chi connectivity index (χ1) is 8.71. The lowest BCUT2D eigenvalue weighted by Crippen LogP contribution is -2.31. The van der Waals surface area contributed by atoms with Gasteiger partial charge >= 0.3 is 0 Å². The monoisotopic (exact) mass is 260 g/mol. The number of hydrogen-bond donors (Lipinski definition) is 1. The molecule has 1 N–H and O–H groups in total. The van der Waals surface area contributed by atoms with Gasteiger partial charge in [-0.3, -0.25) is 0 Å². The van der Waals surface area contributed by atoms with E-state index in [0.717, 1.165) is 30.1 Å². The zero-order valence-electron chi connectivity index (χ0n) is 10.3. The second kappa shape index (κ2) is 4.37. The van der Waals surface area contributed by atoms with Crippen molar-refractivity contribution in [1.29, 1.82) is 0 Å². The maximum absolute atomic E-state index is 5.55. The summed E-state index contributed by atoms with van der Waals surface area (Å²) in [6.45, 7) is 3.73. The van der Waals surface area contributed by atoms with Gasteiger partial charge in [-0.05, 0) is 31.1 Å². The Labute approximate surface area is 111 Å². The molecule has 3 nitrogen and oxygen atoms in total. The molecule has 1 fully saturated rings. The first kappa shape index (κ1) is 11.7. The lowest BCUT2D eigenvalue weighted by atomic mass is 10.0. The van der Waals surface area contributed by atoms with Gasteiger partial charge in [0.25, 0.3) is 0 Å². The van der Waals surface area contributed by atoms with Crippen LogP contribution in [-0.2, 0) is 10.3 Å². The maximum atomic E-state index is 5.55. The molecule has 1 aliphatic rings. The third-order valence-electron chi connectivity index (χ3n) is 3.58. The Balaban J connectivity index is 2.16. The van der Waals surface area contributed by atoms with Crippen LogP contribution < -0.4 is 0 Å². The van der Waals surface area contributed by atoms with Crippen LogP contribution in [0, 0.1) is 4.77 Å². The summed E-state index contributed by atoms with van der Waals surface area (Å²) in [5, 5.41) is 0. The van der Waals surface area contributed by atoms with Crippen molar-refractivity contribution >= 4 is 12.2 Å². The molecule has 3 rings (SSSR count). The van der Waals surface area contributed by atoms with Crippen molar-refractivity contribution in [3.63, 3.8) is 0 Å². The van der Waals surface area contributed by atoms with Crippen molar-refractivity contribution in [2.24, 2.45) is 0 Å². The van der Waals surface area contributed by atoms with E-state index in [1.54, 1.807) is 0 Å². The molecule has 2 aromatic rings. The summed E-state index contributed by atoms with van der Waals surface area (Å²) in [5.41, 5.74) is 2.27. The molecule has 94 valence electrons. The number of benzene rings is 1. The van der Waals surface area contributed by atoms with Crippen LogP contribution in [0.15, 0.2) is 36.5 Å². The third-order valence-corrected chi connectivity index (χ3v) is 3.88. The van der Waals surface area contributed by atoms with E-state index >= 15 is 0 Å². The number of rotatable bonds is 2. The molecule has 0 radical (unpaired) electrons. The molecule has 0 aliphatic carbocycles. The summed E-state index contributed by atoms with van der Waals surface area (Å²) in [7, 11) is 0. The fraction of sp³-hybridized carbons (Fsp3) is 0.357. The molecular weight excluding hydrogens is 244 g/mol. The number of aromatic nitrogens is 2. The summed E-state index contributed by atoms with van der Waals surface area (Å²) in [4.78, 5) is 3.16. The summed E-state index contributed by atoms with van der Waals surface area (Å²) in [6, 6.07) is 10.3. The topological polar surface area (TPSA) is 29.9 Å². The number of imidazole rings is 1. The Bertz CT molecular complexity index is 594. The molecule has 2 heterocycles. The molecule has 0 saturated carbocycles. The Kier molecular flexibility index (Phi) is 2.84. The molecule has 1 aromatic heterocycles. The van der Waals surface area contributed by atoms with Gasteiger partial charge in [-0.25, -0.2) is 0 Å². The minimum atomic E-state index is -0.0394. The summed E-state index contributed by atoms with van der Waals surface area (Å²) >= 11 is 5.43. The van der Waals surface area contributed by atoms with E-state index in [1.807, 2.05) is 24.4 Å². The number of nitrogens with zero attached hydrogens (tertiary/aromatic N) is 1. The fourth-order valence-corrected chi connectivity index (χ4v) is 2.94. The standard InChI is InChI=1S/C14H16N2OS/c1-14(7-8-17-10-14)16-12(9-15-13(16)18)11-5-3-2-4-6-11/h2-6,9H,7-8,10H2,1H3,(H,15,18). The Morgan fingerprint density at radius 3 is 2.78 bits per heavy atom. The van der Waals surface area contributed by atoms with Crippen LogP contribution in [0.5, 0.6) is 0 Å². The minimum absolute atomic E-state index is 0.0394. The predicted molar refractivity (Wildman–Crippen MR) is 74.1 cm³/mol. The van der Waals surface area contributed by atoms with Crippen molar-refractivity contribution in [3.8, 4) is 11.3 Å². The van der Waals surface area contributed by atoms with Crippen LogP contribution in [0.4, 0.5) is 0 Å². The van der Waals surface area contributed by atoms with E-state index in [-0.39, 0.29) is 5.54 Å². The molecule has 1 atom stereocenters. The second-order valence-corrected chi connectivity index (χ2v) is 5.37. The Morgan fingerprint density at radius 1 is 1.33 bits per heavy atom. The lowest BCUT2D eigenvalue weighted by Gasteiger charge is -2.26. The second-order valence-electron chi connectivity index (χ2n) is 4.98. The first-order valence-electron chi connectivity index (χ1n) is 6.15. The van der Waals surface area contributed by atoms with E-state index in [9.17, 15) is 0 Å². The van der Waals surface area contributed by atoms with Gasteiger partial charge in [-0.2, -0.15) is 0 Å². The minimum Gasteiger partial charge on any atom is -0.379 e. The Hall–Kier alpha value is -1.39. The first-order valence-corrected chi connectivity index (χ1v) is 6.56. The van der Waals surface area contributed by atoms with Crippen molar-refractivity contribution in [2.75, 3.05) is 13.2 Å². The van der Waals surface area contributed by atoms with E-state index < -0.39 is 0 Å². The molecule has 1 unspecified atom stereocenters. The number of aromatic amines is 1. The van der Waals surface area contributed by atoms with Gasteiger partial charge in [0.2, 0.25) is 0 Å². The van der Waals surface area contributed by atoms with Crippen LogP contribution in [0.1, 0.15) is 13.3 Å². The number of H-pyrrole nitrogens is 1. The average Bonchev–Trinajstić information content (AvgIpc) is 2.98. The van der Waals surface area contributed by atoms with Crippen molar-refractivity contribution < 1.29 is 4.74 Å². The van der Waals surface area contributed by atoms with Crippen LogP contribution >= 0.6 is 12.2 Å². The van der Waals surface area contributed by atoms with E-state index in [4.69, 9.17) is 17.0 Å². The van der Waals surface area contributed by atoms with Gasteiger partial charge in [0, 0.05) is 12.8 Å². The van der Waals surface area contributed by atoms with E-state index in [0.29, 0.717) is 0 Å². The molecule has 1 saturated heterocycles. The predicted octanol–water partition coefficient (Wildman–Crippen LogP) is 3.35. The summed E-state index contributed by atoms with van der Waals surface area (Å²) < 4.78 is 8.51. The third kappa shape index (κ3) is 1.82. The molecule has 4 heteroatoms. The smallest absolute Gasteiger partial charge is 0.178 e. The molecular formula is C14H16N2OS. The molecule has 1 aromatic carbocycles. The number of nitrogens with one attached hydrogen (secondary N) is 1. The van der Waals surface area contributed by atoms with Crippen molar-refractivity contribution in [3.05, 3.63) is 41.3 Å². The quantitative estimate of drug-likeness (QED) is 0.839. The zero-order valence-corrected chi connectivity index (χ0v) is 11.2. The lowest BCUT2D eigenvalue weighted by molar-refractivity contribution is 0.161. The van der Waals surface area contributed by atoms with Crippen molar-refractivity contribution in [2.45, 2.75) is 18.9 Å². The van der Waals surface area contributed by atoms with Crippen LogP contribution in [0.3, 0.4) is 0 Å². The highest BCUT2D eigenvalue weighted by molar-refractivity contribution is 7.71. The highest BCUT2D eigenvalue weighted by Crippen LogP contribution is 2.32. The number of hydrogen-bond acceptors (Lipinski definition) is 2. The highest BCUT2D eigenvalue weighted by atomic mass is 32.1. The Morgan fingerprint density at radius 2 is 2.11 bits per heavy atom. The van der Waals surface area contributed by atoms with Gasteiger partial charge < -0.3 is 14.3 Å². The summed E-state index contributed by atoms with van der Waals surface area (Å²) in [5.74, 6) is 0. The van der Waals surface area contributed by atoms with Crippen LogP contribution in [0.2, 0.25) is 0 Å². The van der Waals surface area contributed by atoms with Gasteiger partial charge in [0.15, 0.2) is 4.77 Å². The average molecular weight is 260 g/mol. The van der Waals surface area contributed by atoms with Crippen LogP contribution in [0.25, 0.3) is 11.3 Å². The molecule has 0 amide bonds. The normalized spacial score (nSPS) is 23.4. The van der Waals surface area contributed by atoms with Gasteiger partial charge in [-0.1, -0.05) is 30.3 Å². The number of ether oxygens (including phenoxy) is 1. The van der Waals surface area contributed by atoms with Gasteiger partial charge in [-0.15, -0.1) is 0 Å². The van der Waals surface area contributed by atoms with Gasteiger partial charge in [0.05, 0.1) is 17.8 Å². The highest BCUT2D eigenvalue weighted by Gasteiger charge is 2.34.